The molecule has 0 unspecified atom stereocenters. The maximum Gasteiger partial charge on any atom is 0.117 e. The summed E-state index contributed by atoms with van der Waals surface area (Å²) in [4.78, 5) is 4.92. The number of aromatic nitrogens is 2. The molecule has 3 nitrogen and oxygen atoms in total. The Morgan fingerprint density at radius 1 is 1.35 bits per heavy atom. The lowest BCUT2D eigenvalue weighted by molar-refractivity contribution is 0.368. The van der Waals surface area contributed by atoms with Gasteiger partial charge in [0.2, 0.25) is 0 Å². The monoisotopic (exact) mass is 291 g/mol. The molecule has 3 rings (SSSR count). The zero-order valence-electron chi connectivity index (χ0n) is 12.2. The lowest BCUT2D eigenvalue weighted by Gasteiger charge is -2.30. The van der Waals surface area contributed by atoms with Crippen molar-refractivity contribution >= 4 is 22.6 Å². The molecule has 1 fully saturated rings. The van der Waals surface area contributed by atoms with Crippen molar-refractivity contribution in [1.29, 1.82) is 0 Å². The number of hydrogen-bond donors (Lipinski definition) is 1. The highest BCUT2D eigenvalue weighted by molar-refractivity contribution is 6.31. The Morgan fingerprint density at radius 3 is 2.60 bits per heavy atom. The van der Waals surface area contributed by atoms with Crippen molar-refractivity contribution in [2.45, 2.75) is 51.0 Å². The van der Waals surface area contributed by atoms with Gasteiger partial charge in [-0.3, -0.25) is 0 Å². The van der Waals surface area contributed by atoms with Crippen LogP contribution in [0.4, 0.5) is 0 Å². The molecule has 108 valence electrons. The Kier molecular flexibility index (Phi) is 3.51. The van der Waals surface area contributed by atoms with Crippen LogP contribution in [0.5, 0.6) is 0 Å². The van der Waals surface area contributed by atoms with Crippen molar-refractivity contribution in [3.05, 3.63) is 29.0 Å². The molecule has 1 aliphatic rings. The molecule has 1 saturated carbocycles. The standard InChI is InChI=1S/C16H22ClN3/c1-3-16(4-2,10-18)15-19-13-8-5-11(17)9-14(13)20(15)12-6-7-12/h5,8-9,12H,3-4,6-7,10,18H2,1-2H3. The second kappa shape index (κ2) is 5.05. The minimum Gasteiger partial charge on any atom is -0.329 e. The van der Waals surface area contributed by atoms with Gasteiger partial charge in [0, 0.05) is 23.0 Å². The highest BCUT2D eigenvalue weighted by Gasteiger charge is 2.37. The maximum atomic E-state index is 6.18. The molecule has 1 heterocycles. The number of hydrogen-bond acceptors (Lipinski definition) is 2. The molecule has 0 aliphatic heterocycles. The number of halogens is 1. The molecule has 2 aromatic rings. The molecule has 20 heavy (non-hydrogen) atoms. The van der Waals surface area contributed by atoms with Gasteiger partial charge in [-0.25, -0.2) is 4.98 Å². The Labute approximate surface area is 125 Å². The summed E-state index contributed by atoms with van der Waals surface area (Å²) in [5.41, 5.74) is 8.30. The van der Waals surface area contributed by atoms with E-state index in [9.17, 15) is 0 Å². The third-order valence-corrected chi connectivity index (χ3v) is 5.02. The predicted octanol–water partition coefficient (Wildman–Crippen LogP) is 4.04. The van der Waals surface area contributed by atoms with Crippen molar-refractivity contribution < 1.29 is 0 Å². The molecule has 0 saturated heterocycles. The van der Waals surface area contributed by atoms with Crippen molar-refractivity contribution in [1.82, 2.24) is 9.55 Å². The number of nitrogens with zero attached hydrogens (tertiary/aromatic N) is 2. The van der Waals surface area contributed by atoms with Gasteiger partial charge in [-0.2, -0.15) is 0 Å². The lowest BCUT2D eigenvalue weighted by atomic mass is 9.81. The summed E-state index contributed by atoms with van der Waals surface area (Å²) in [5, 5.41) is 0.775. The molecule has 0 atom stereocenters. The van der Waals surface area contributed by atoms with E-state index in [4.69, 9.17) is 22.3 Å². The van der Waals surface area contributed by atoms with Gasteiger partial charge in [0.15, 0.2) is 0 Å². The number of imidazole rings is 1. The summed E-state index contributed by atoms with van der Waals surface area (Å²) in [7, 11) is 0. The Morgan fingerprint density at radius 2 is 2.05 bits per heavy atom. The van der Waals surface area contributed by atoms with E-state index < -0.39 is 0 Å². The van der Waals surface area contributed by atoms with E-state index >= 15 is 0 Å². The smallest absolute Gasteiger partial charge is 0.117 e. The SMILES string of the molecule is CCC(CC)(CN)c1nc2ccc(Cl)cc2n1C1CC1. The summed E-state index contributed by atoms with van der Waals surface area (Å²) in [6.45, 7) is 5.06. The van der Waals surface area contributed by atoms with Gasteiger partial charge >= 0.3 is 0 Å². The van der Waals surface area contributed by atoms with Crippen LogP contribution in [0, 0.1) is 0 Å². The minimum atomic E-state index is -0.0198. The van der Waals surface area contributed by atoms with Gasteiger partial charge in [0.1, 0.15) is 5.82 Å². The zero-order chi connectivity index (χ0) is 14.3. The molecule has 2 N–H and O–H groups in total. The van der Waals surface area contributed by atoms with Crippen LogP contribution in [-0.4, -0.2) is 16.1 Å². The molecule has 0 radical (unpaired) electrons. The van der Waals surface area contributed by atoms with E-state index in [1.54, 1.807) is 0 Å². The molecule has 4 heteroatoms. The third kappa shape index (κ3) is 2.04. The summed E-state index contributed by atoms with van der Waals surface area (Å²) >= 11 is 6.18. The molecule has 0 bridgehead atoms. The summed E-state index contributed by atoms with van der Waals surface area (Å²) in [6, 6.07) is 6.56. The predicted molar refractivity (Wildman–Crippen MR) is 84.3 cm³/mol. The number of benzene rings is 1. The van der Waals surface area contributed by atoms with Gasteiger partial charge in [-0.15, -0.1) is 0 Å². The second-order valence-electron chi connectivity index (χ2n) is 5.86. The number of nitrogens with two attached hydrogens (primary N) is 1. The second-order valence-corrected chi connectivity index (χ2v) is 6.30. The quantitative estimate of drug-likeness (QED) is 0.903. The van der Waals surface area contributed by atoms with Crippen molar-refractivity contribution in [2.75, 3.05) is 6.54 Å². The first-order valence-electron chi connectivity index (χ1n) is 7.53. The van der Waals surface area contributed by atoms with Crippen LogP contribution in [0.3, 0.4) is 0 Å². The molecule has 1 aromatic heterocycles. The topological polar surface area (TPSA) is 43.8 Å². The van der Waals surface area contributed by atoms with Crippen molar-refractivity contribution in [3.63, 3.8) is 0 Å². The van der Waals surface area contributed by atoms with Crippen LogP contribution < -0.4 is 5.73 Å². The van der Waals surface area contributed by atoms with E-state index in [2.05, 4.69) is 18.4 Å². The first-order valence-corrected chi connectivity index (χ1v) is 7.91. The lowest BCUT2D eigenvalue weighted by Crippen LogP contribution is -2.36. The minimum absolute atomic E-state index is 0.0198. The maximum absolute atomic E-state index is 6.18. The summed E-state index contributed by atoms with van der Waals surface area (Å²) in [6.07, 6.45) is 4.51. The zero-order valence-corrected chi connectivity index (χ0v) is 13.0. The Bertz CT molecular complexity index is 616. The normalized spacial score (nSPS) is 16.0. The van der Waals surface area contributed by atoms with Crippen LogP contribution in [0.1, 0.15) is 51.4 Å². The van der Waals surface area contributed by atoms with E-state index in [1.165, 1.54) is 12.8 Å². The van der Waals surface area contributed by atoms with Gasteiger partial charge in [-0.05, 0) is 43.9 Å². The van der Waals surface area contributed by atoms with Crippen molar-refractivity contribution in [2.24, 2.45) is 5.73 Å². The van der Waals surface area contributed by atoms with Crippen LogP contribution >= 0.6 is 11.6 Å². The molecular weight excluding hydrogens is 270 g/mol. The number of fused-ring (bicyclic) bond motifs is 1. The van der Waals surface area contributed by atoms with E-state index in [0.29, 0.717) is 12.6 Å². The Hall–Kier alpha value is -1.06. The highest BCUT2D eigenvalue weighted by atomic mass is 35.5. The fourth-order valence-electron chi connectivity index (χ4n) is 3.09. The van der Waals surface area contributed by atoms with Gasteiger partial charge in [0.25, 0.3) is 0 Å². The van der Waals surface area contributed by atoms with Crippen LogP contribution in [0.25, 0.3) is 11.0 Å². The highest BCUT2D eigenvalue weighted by Crippen LogP contribution is 2.43. The van der Waals surface area contributed by atoms with E-state index in [-0.39, 0.29) is 5.41 Å². The first kappa shape index (κ1) is 13.9. The van der Waals surface area contributed by atoms with Crippen molar-refractivity contribution in [3.8, 4) is 0 Å². The van der Waals surface area contributed by atoms with Gasteiger partial charge < -0.3 is 10.3 Å². The largest absolute Gasteiger partial charge is 0.329 e. The van der Waals surface area contributed by atoms with E-state index in [0.717, 1.165) is 34.7 Å². The Balaban J connectivity index is 2.26. The van der Waals surface area contributed by atoms with Gasteiger partial charge in [-0.1, -0.05) is 25.4 Å². The molecule has 0 amide bonds. The number of rotatable bonds is 5. The first-order chi connectivity index (χ1) is 9.65. The van der Waals surface area contributed by atoms with Crippen LogP contribution in [-0.2, 0) is 5.41 Å². The van der Waals surface area contributed by atoms with Crippen LogP contribution in [0.15, 0.2) is 18.2 Å². The van der Waals surface area contributed by atoms with E-state index in [1.807, 2.05) is 18.2 Å². The molecule has 1 aromatic carbocycles. The third-order valence-electron chi connectivity index (χ3n) is 4.78. The average molecular weight is 292 g/mol. The molecular formula is C16H22ClN3. The average Bonchev–Trinajstić information content (AvgIpc) is 3.23. The van der Waals surface area contributed by atoms with Crippen LogP contribution in [0.2, 0.25) is 5.02 Å². The fourth-order valence-corrected chi connectivity index (χ4v) is 3.26. The summed E-state index contributed by atoms with van der Waals surface area (Å²) in [5.74, 6) is 1.16. The summed E-state index contributed by atoms with van der Waals surface area (Å²) < 4.78 is 2.40. The molecule has 1 aliphatic carbocycles. The fraction of sp³-hybridized carbons (Fsp3) is 0.562. The van der Waals surface area contributed by atoms with Gasteiger partial charge in [0.05, 0.1) is 11.0 Å². The molecule has 0 spiro atoms.